The summed E-state index contributed by atoms with van der Waals surface area (Å²) in [6.07, 6.45) is 0. The maximum absolute atomic E-state index is 13.3. The fourth-order valence-corrected chi connectivity index (χ4v) is 2.45. The monoisotopic (exact) mass is 336 g/mol. The zero-order valence-corrected chi connectivity index (χ0v) is 13.0. The third-order valence-corrected chi connectivity index (χ3v) is 3.72. The molecule has 106 valence electrons. The van der Waals surface area contributed by atoms with Crippen LogP contribution >= 0.6 is 15.9 Å². The minimum Gasteiger partial charge on any atom is -0.326 e. The fourth-order valence-electron chi connectivity index (χ4n) is 2.19. The Morgan fingerprint density at radius 1 is 1.05 bits per heavy atom. The van der Waals surface area contributed by atoms with Crippen LogP contribution in [0.4, 0.5) is 4.39 Å². The lowest BCUT2D eigenvalue weighted by Crippen LogP contribution is -2.19. The Labute approximate surface area is 127 Å². The third kappa shape index (κ3) is 4.13. The molecule has 0 unspecified atom stereocenters. The van der Waals surface area contributed by atoms with Crippen LogP contribution in [-0.2, 0) is 19.6 Å². The summed E-state index contributed by atoms with van der Waals surface area (Å²) in [4.78, 5) is 2.15. The van der Waals surface area contributed by atoms with E-state index in [4.69, 9.17) is 5.73 Å². The molecule has 2 nitrogen and oxygen atoms in total. The van der Waals surface area contributed by atoms with Gasteiger partial charge >= 0.3 is 0 Å². The van der Waals surface area contributed by atoms with Crippen molar-refractivity contribution >= 4 is 15.9 Å². The topological polar surface area (TPSA) is 29.3 Å². The molecule has 2 aromatic rings. The van der Waals surface area contributed by atoms with Gasteiger partial charge in [-0.2, -0.15) is 0 Å². The number of hydrogen-bond acceptors (Lipinski definition) is 2. The number of hydrogen-bond donors (Lipinski definition) is 1. The van der Waals surface area contributed by atoms with E-state index in [0.717, 1.165) is 22.1 Å². The normalized spacial score (nSPS) is 11.1. The summed E-state index contributed by atoms with van der Waals surface area (Å²) in [7, 11) is 2.02. The second kappa shape index (κ2) is 6.97. The van der Waals surface area contributed by atoms with Crippen molar-refractivity contribution in [2.45, 2.75) is 19.6 Å². The van der Waals surface area contributed by atoms with Gasteiger partial charge in [-0.25, -0.2) is 4.39 Å². The van der Waals surface area contributed by atoms with Crippen LogP contribution < -0.4 is 5.73 Å². The van der Waals surface area contributed by atoms with E-state index in [1.165, 1.54) is 11.6 Å². The lowest BCUT2D eigenvalue weighted by Gasteiger charge is -2.19. The maximum atomic E-state index is 13.3. The first-order chi connectivity index (χ1) is 9.58. The second-order valence-electron chi connectivity index (χ2n) is 4.92. The van der Waals surface area contributed by atoms with E-state index < -0.39 is 0 Å². The van der Waals surface area contributed by atoms with Crippen LogP contribution in [0.1, 0.15) is 16.7 Å². The first-order valence-corrected chi connectivity index (χ1v) is 7.28. The molecule has 0 spiro atoms. The van der Waals surface area contributed by atoms with Gasteiger partial charge in [0.1, 0.15) is 5.82 Å². The van der Waals surface area contributed by atoms with Gasteiger partial charge in [-0.3, -0.25) is 4.90 Å². The zero-order chi connectivity index (χ0) is 14.5. The summed E-state index contributed by atoms with van der Waals surface area (Å²) < 4.78 is 14.4. The summed E-state index contributed by atoms with van der Waals surface area (Å²) in [5.41, 5.74) is 8.87. The van der Waals surface area contributed by atoms with Gasteiger partial charge in [-0.05, 0) is 48.0 Å². The highest BCUT2D eigenvalue weighted by Gasteiger charge is 2.07. The lowest BCUT2D eigenvalue weighted by atomic mass is 10.1. The molecule has 2 rings (SSSR count). The molecule has 0 amide bonds. The Hall–Kier alpha value is -1.23. The molecule has 2 aromatic carbocycles. The second-order valence-corrected chi connectivity index (χ2v) is 5.83. The quantitative estimate of drug-likeness (QED) is 0.902. The first kappa shape index (κ1) is 15.2. The van der Waals surface area contributed by atoms with Crippen LogP contribution in [0.15, 0.2) is 46.9 Å². The van der Waals surface area contributed by atoms with Gasteiger partial charge in [-0.15, -0.1) is 0 Å². The predicted octanol–water partition coefficient (Wildman–Crippen LogP) is 3.68. The Morgan fingerprint density at radius 2 is 1.75 bits per heavy atom. The fraction of sp³-hybridized carbons (Fsp3) is 0.250. The average Bonchev–Trinajstić information content (AvgIpc) is 2.41. The van der Waals surface area contributed by atoms with Crippen molar-refractivity contribution in [1.82, 2.24) is 4.90 Å². The van der Waals surface area contributed by atoms with E-state index in [2.05, 4.69) is 33.0 Å². The number of rotatable bonds is 5. The number of nitrogens with two attached hydrogens (primary N) is 1. The molecule has 0 saturated carbocycles. The molecule has 0 atom stereocenters. The summed E-state index contributed by atoms with van der Waals surface area (Å²) in [6, 6.07) is 13.0. The van der Waals surface area contributed by atoms with Crippen LogP contribution in [0.25, 0.3) is 0 Å². The molecule has 0 aliphatic heterocycles. The summed E-state index contributed by atoms with van der Waals surface area (Å²) >= 11 is 3.42. The minimum absolute atomic E-state index is 0.214. The highest BCUT2D eigenvalue weighted by Crippen LogP contribution is 2.16. The smallest absolute Gasteiger partial charge is 0.123 e. The Bertz CT molecular complexity index is 569. The van der Waals surface area contributed by atoms with E-state index in [-0.39, 0.29) is 5.82 Å². The highest BCUT2D eigenvalue weighted by molar-refractivity contribution is 9.10. The van der Waals surface area contributed by atoms with E-state index in [1.54, 1.807) is 12.1 Å². The van der Waals surface area contributed by atoms with Crippen LogP contribution in [-0.4, -0.2) is 11.9 Å². The van der Waals surface area contributed by atoms with Gasteiger partial charge < -0.3 is 5.73 Å². The molecule has 2 N–H and O–H groups in total. The van der Waals surface area contributed by atoms with Crippen molar-refractivity contribution < 1.29 is 4.39 Å². The Kier molecular flexibility index (Phi) is 5.29. The average molecular weight is 337 g/mol. The zero-order valence-electron chi connectivity index (χ0n) is 11.4. The van der Waals surface area contributed by atoms with Gasteiger partial charge in [0, 0.05) is 24.1 Å². The maximum Gasteiger partial charge on any atom is 0.123 e. The van der Waals surface area contributed by atoms with Gasteiger partial charge in [0.25, 0.3) is 0 Å². The van der Waals surface area contributed by atoms with Crippen molar-refractivity contribution in [3.05, 3.63) is 69.4 Å². The molecule has 20 heavy (non-hydrogen) atoms. The van der Waals surface area contributed by atoms with E-state index in [0.29, 0.717) is 13.1 Å². The molecule has 0 aliphatic carbocycles. The molecule has 0 aliphatic rings. The van der Waals surface area contributed by atoms with E-state index in [9.17, 15) is 4.39 Å². The van der Waals surface area contributed by atoms with Gasteiger partial charge in [0.05, 0.1) is 0 Å². The van der Waals surface area contributed by atoms with Crippen molar-refractivity contribution in [3.63, 3.8) is 0 Å². The van der Waals surface area contributed by atoms with Crippen LogP contribution in [0, 0.1) is 5.82 Å². The molecular formula is C16H18BrFN2. The molecule has 0 radical (unpaired) electrons. The molecule has 0 aromatic heterocycles. The first-order valence-electron chi connectivity index (χ1n) is 6.49. The minimum atomic E-state index is -0.214. The van der Waals surface area contributed by atoms with Crippen molar-refractivity contribution in [3.8, 4) is 0 Å². The summed E-state index contributed by atoms with van der Waals surface area (Å²) in [5.74, 6) is -0.214. The molecule has 0 bridgehead atoms. The molecule has 0 saturated heterocycles. The number of halogens is 2. The van der Waals surface area contributed by atoms with Gasteiger partial charge in [-0.1, -0.05) is 34.1 Å². The lowest BCUT2D eigenvalue weighted by molar-refractivity contribution is 0.317. The Balaban J connectivity index is 2.05. The third-order valence-electron chi connectivity index (χ3n) is 3.19. The predicted molar refractivity (Wildman–Crippen MR) is 83.6 cm³/mol. The number of benzene rings is 2. The number of nitrogens with zero attached hydrogens (tertiary/aromatic N) is 1. The molecule has 4 heteroatoms. The molecule has 0 fully saturated rings. The summed E-state index contributed by atoms with van der Waals surface area (Å²) in [5, 5.41) is 0. The molecule has 0 heterocycles. The van der Waals surface area contributed by atoms with Crippen LogP contribution in [0.5, 0.6) is 0 Å². The largest absolute Gasteiger partial charge is 0.326 e. The van der Waals surface area contributed by atoms with E-state index >= 15 is 0 Å². The highest BCUT2D eigenvalue weighted by atomic mass is 79.9. The molecular weight excluding hydrogens is 319 g/mol. The standard InChI is InChI=1S/C16H18BrFN2/c1-20(10-12-2-5-15(17)6-3-12)11-14-8-16(18)7-4-13(14)9-19/h2-8H,9-11,19H2,1H3. The van der Waals surface area contributed by atoms with Crippen LogP contribution in [0.2, 0.25) is 0 Å². The SMILES string of the molecule is CN(Cc1ccc(Br)cc1)Cc1cc(F)ccc1CN. The van der Waals surface area contributed by atoms with Crippen molar-refractivity contribution in [2.24, 2.45) is 5.73 Å². The summed E-state index contributed by atoms with van der Waals surface area (Å²) in [6.45, 7) is 1.93. The Morgan fingerprint density at radius 3 is 2.40 bits per heavy atom. The van der Waals surface area contributed by atoms with Crippen molar-refractivity contribution in [2.75, 3.05) is 7.05 Å². The van der Waals surface area contributed by atoms with Gasteiger partial charge in [0.15, 0.2) is 0 Å². The van der Waals surface area contributed by atoms with E-state index in [1.807, 2.05) is 19.2 Å². The van der Waals surface area contributed by atoms with Gasteiger partial charge in [0.2, 0.25) is 0 Å². The van der Waals surface area contributed by atoms with Crippen LogP contribution in [0.3, 0.4) is 0 Å². The van der Waals surface area contributed by atoms with Crippen molar-refractivity contribution in [1.29, 1.82) is 0 Å².